The molecule has 0 radical (unpaired) electrons. The fourth-order valence-corrected chi connectivity index (χ4v) is 2.13. The van der Waals surface area contributed by atoms with Crippen molar-refractivity contribution in [3.05, 3.63) is 35.4 Å². The van der Waals surface area contributed by atoms with Crippen LogP contribution in [-0.4, -0.2) is 12.1 Å². The zero-order chi connectivity index (χ0) is 12.3. The molecule has 94 valence electrons. The first-order chi connectivity index (χ1) is 8.16. The van der Waals surface area contributed by atoms with Crippen LogP contribution in [-0.2, 0) is 11.3 Å². The van der Waals surface area contributed by atoms with Gasteiger partial charge < -0.3 is 10.5 Å². The lowest BCUT2D eigenvalue weighted by Gasteiger charge is -2.26. The van der Waals surface area contributed by atoms with E-state index in [2.05, 4.69) is 0 Å². The minimum atomic E-state index is -0.544. The largest absolute Gasteiger partial charge is 0.373 e. The highest BCUT2D eigenvalue weighted by Gasteiger charge is 2.20. The van der Waals surface area contributed by atoms with Crippen molar-refractivity contribution in [3.63, 3.8) is 0 Å². The first kappa shape index (κ1) is 12.5. The summed E-state index contributed by atoms with van der Waals surface area (Å²) in [6.07, 6.45) is 3.66. The third-order valence-corrected chi connectivity index (χ3v) is 3.24. The van der Waals surface area contributed by atoms with Crippen LogP contribution in [0.1, 0.15) is 31.2 Å². The van der Waals surface area contributed by atoms with Crippen molar-refractivity contribution in [2.24, 2.45) is 5.73 Å². The van der Waals surface area contributed by atoms with Gasteiger partial charge in [0.1, 0.15) is 11.6 Å². The molecule has 0 saturated heterocycles. The van der Waals surface area contributed by atoms with Gasteiger partial charge in [0.05, 0.1) is 12.7 Å². The molecule has 0 unspecified atom stereocenters. The molecule has 0 aliphatic heterocycles. The first-order valence-electron chi connectivity index (χ1n) is 5.97. The second-order valence-electron chi connectivity index (χ2n) is 4.55. The van der Waals surface area contributed by atoms with Crippen molar-refractivity contribution in [1.29, 1.82) is 0 Å². The van der Waals surface area contributed by atoms with Crippen LogP contribution >= 0.6 is 0 Å². The van der Waals surface area contributed by atoms with Crippen molar-refractivity contribution < 1.29 is 13.5 Å². The molecule has 0 heterocycles. The summed E-state index contributed by atoms with van der Waals surface area (Å²) >= 11 is 0. The van der Waals surface area contributed by atoms with Crippen molar-refractivity contribution in [2.45, 2.75) is 44.4 Å². The average molecular weight is 241 g/mol. The Bertz CT molecular complexity index is 355. The minimum absolute atomic E-state index is 0.00158. The molecule has 0 atom stereocenters. The second kappa shape index (κ2) is 5.56. The molecular formula is C13H17F2NO. The highest BCUT2D eigenvalue weighted by Crippen LogP contribution is 2.22. The summed E-state index contributed by atoms with van der Waals surface area (Å²) in [6, 6.07) is 4.10. The van der Waals surface area contributed by atoms with Crippen LogP contribution < -0.4 is 5.73 Å². The van der Waals surface area contributed by atoms with E-state index in [4.69, 9.17) is 10.5 Å². The van der Waals surface area contributed by atoms with Crippen LogP contribution in [0.3, 0.4) is 0 Å². The van der Waals surface area contributed by atoms with Crippen LogP contribution in [0.25, 0.3) is 0 Å². The number of hydrogen-bond donors (Lipinski definition) is 1. The Kier molecular flexibility index (Phi) is 4.07. The van der Waals surface area contributed by atoms with Crippen molar-refractivity contribution in [1.82, 2.24) is 0 Å². The molecule has 17 heavy (non-hydrogen) atoms. The molecule has 1 fully saturated rings. The maximum absolute atomic E-state index is 13.3. The van der Waals surface area contributed by atoms with Crippen molar-refractivity contribution >= 4 is 0 Å². The smallest absolute Gasteiger partial charge is 0.131 e. The lowest BCUT2D eigenvalue weighted by Crippen LogP contribution is -2.30. The predicted octanol–water partition coefficient (Wildman–Crippen LogP) is 2.75. The molecule has 4 heteroatoms. The maximum Gasteiger partial charge on any atom is 0.131 e. The van der Waals surface area contributed by atoms with Gasteiger partial charge in [-0.3, -0.25) is 0 Å². The Labute approximate surface area is 99.8 Å². The fourth-order valence-electron chi connectivity index (χ4n) is 2.13. The zero-order valence-electron chi connectivity index (χ0n) is 9.66. The Hall–Kier alpha value is -1.00. The van der Waals surface area contributed by atoms with E-state index < -0.39 is 11.6 Å². The molecule has 1 saturated carbocycles. The number of rotatable bonds is 3. The van der Waals surface area contributed by atoms with Gasteiger partial charge in [0.15, 0.2) is 0 Å². The molecule has 1 aromatic carbocycles. The van der Waals surface area contributed by atoms with Gasteiger partial charge in [0.2, 0.25) is 0 Å². The molecule has 0 aromatic heterocycles. The molecule has 0 bridgehead atoms. The van der Waals surface area contributed by atoms with E-state index in [1.165, 1.54) is 18.2 Å². The van der Waals surface area contributed by atoms with Gasteiger partial charge in [0, 0.05) is 11.6 Å². The Morgan fingerprint density at radius 2 is 1.71 bits per heavy atom. The topological polar surface area (TPSA) is 35.2 Å². The molecule has 2 nitrogen and oxygen atoms in total. The van der Waals surface area contributed by atoms with E-state index >= 15 is 0 Å². The lowest BCUT2D eigenvalue weighted by molar-refractivity contribution is 0.0112. The normalized spacial score (nSPS) is 24.9. The van der Waals surface area contributed by atoms with Crippen LogP contribution in [0.15, 0.2) is 18.2 Å². The molecule has 2 rings (SSSR count). The predicted molar refractivity (Wildman–Crippen MR) is 61.4 cm³/mol. The highest BCUT2D eigenvalue weighted by atomic mass is 19.1. The molecule has 1 aromatic rings. The van der Waals surface area contributed by atoms with E-state index in [9.17, 15) is 8.78 Å². The van der Waals surface area contributed by atoms with E-state index in [-0.39, 0.29) is 24.3 Å². The van der Waals surface area contributed by atoms with Crippen LogP contribution in [0.5, 0.6) is 0 Å². The third kappa shape index (κ3) is 3.23. The Balaban J connectivity index is 1.89. The first-order valence-corrected chi connectivity index (χ1v) is 5.97. The molecular weight excluding hydrogens is 224 g/mol. The van der Waals surface area contributed by atoms with Crippen LogP contribution in [0.4, 0.5) is 8.78 Å². The summed E-state index contributed by atoms with van der Waals surface area (Å²) in [5.41, 5.74) is 5.79. The highest BCUT2D eigenvalue weighted by molar-refractivity contribution is 5.18. The maximum atomic E-state index is 13.3. The second-order valence-corrected chi connectivity index (χ2v) is 4.55. The Morgan fingerprint density at radius 3 is 2.29 bits per heavy atom. The van der Waals surface area contributed by atoms with Gasteiger partial charge >= 0.3 is 0 Å². The number of nitrogens with two attached hydrogens (primary N) is 1. The van der Waals surface area contributed by atoms with Crippen molar-refractivity contribution in [2.75, 3.05) is 0 Å². The number of halogens is 2. The summed E-state index contributed by atoms with van der Waals surface area (Å²) in [6.45, 7) is -0.00158. The van der Waals surface area contributed by atoms with Crippen LogP contribution in [0.2, 0.25) is 0 Å². The summed E-state index contributed by atoms with van der Waals surface area (Å²) in [5.74, 6) is -1.09. The van der Waals surface area contributed by atoms with Gasteiger partial charge in [-0.15, -0.1) is 0 Å². The van der Waals surface area contributed by atoms with Gasteiger partial charge in [-0.05, 0) is 37.8 Å². The summed E-state index contributed by atoms with van der Waals surface area (Å²) in [5, 5.41) is 0. The van der Waals surface area contributed by atoms with Crippen molar-refractivity contribution in [3.8, 4) is 0 Å². The standard InChI is InChI=1S/C13H17F2NO/c14-12-2-1-3-13(15)11(12)8-17-10-6-4-9(16)5-7-10/h1-3,9-10H,4-8,16H2/t9-,10-. The third-order valence-electron chi connectivity index (χ3n) is 3.24. The summed E-state index contributed by atoms with van der Waals surface area (Å²) in [4.78, 5) is 0. The molecule has 1 aliphatic carbocycles. The number of ether oxygens (including phenoxy) is 1. The fraction of sp³-hybridized carbons (Fsp3) is 0.538. The molecule has 0 amide bonds. The SMILES string of the molecule is N[C@H]1CC[C@H](OCc2c(F)cccc2F)CC1. The zero-order valence-corrected chi connectivity index (χ0v) is 9.66. The molecule has 2 N–H and O–H groups in total. The van der Waals surface area contributed by atoms with E-state index in [1.807, 2.05) is 0 Å². The van der Waals surface area contributed by atoms with Gasteiger partial charge in [-0.2, -0.15) is 0 Å². The minimum Gasteiger partial charge on any atom is -0.373 e. The van der Waals surface area contributed by atoms with Gasteiger partial charge in [-0.25, -0.2) is 8.78 Å². The molecule has 0 spiro atoms. The quantitative estimate of drug-likeness (QED) is 0.883. The molecule has 1 aliphatic rings. The van der Waals surface area contributed by atoms with Crippen LogP contribution in [0, 0.1) is 11.6 Å². The summed E-state index contributed by atoms with van der Waals surface area (Å²) < 4.78 is 32.2. The number of benzene rings is 1. The van der Waals surface area contributed by atoms with E-state index in [0.717, 1.165) is 25.7 Å². The summed E-state index contributed by atoms with van der Waals surface area (Å²) in [7, 11) is 0. The van der Waals surface area contributed by atoms with Gasteiger partial charge in [-0.1, -0.05) is 6.07 Å². The monoisotopic (exact) mass is 241 g/mol. The van der Waals surface area contributed by atoms with Gasteiger partial charge in [0.25, 0.3) is 0 Å². The van der Waals surface area contributed by atoms with E-state index in [0.29, 0.717) is 0 Å². The number of hydrogen-bond acceptors (Lipinski definition) is 2. The average Bonchev–Trinajstić information content (AvgIpc) is 2.31. The lowest BCUT2D eigenvalue weighted by atomic mass is 9.94. The Morgan fingerprint density at radius 1 is 1.12 bits per heavy atom. The van der Waals surface area contributed by atoms with E-state index in [1.54, 1.807) is 0 Å².